The Morgan fingerprint density at radius 1 is 1.77 bits per heavy atom. The number of hydrogen-bond acceptors (Lipinski definition) is 3. The van der Waals surface area contributed by atoms with E-state index < -0.39 is 5.92 Å². The Morgan fingerprint density at radius 2 is 2.46 bits per heavy atom. The number of nitrogens with zero attached hydrogens (tertiary/aromatic N) is 1. The smallest absolute Gasteiger partial charge is 0.155 e. The van der Waals surface area contributed by atoms with Gasteiger partial charge < -0.3 is 4.74 Å². The summed E-state index contributed by atoms with van der Waals surface area (Å²) in [5.74, 6) is -0.422. The van der Waals surface area contributed by atoms with E-state index in [9.17, 15) is 4.79 Å². The molecule has 13 heavy (non-hydrogen) atoms. The zero-order chi connectivity index (χ0) is 9.84. The van der Waals surface area contributed by atoms with Crippen molar-refractivity contribution in [3.63, 3.8) is 0 Å². The predicted molar refractivity (Wildman–Crippen MR) is 47.9 cm³/mol. The van der Waals surface area contributed by atoms with Crippen LogP contribution in [0.2, 0.25) is 0 Å². The Balaban J connectivity index is 2.61. The fraction of sp³-hybridized carbons (Fsp3) is 0.800. The molecule has 0 aliphatic carbocycles. The fourth-order valence-corrected chi connectivity index (χ4v) is 1.72. The molecule has 1 saturated heterocycles. The standard InChI is InChI=1S/C10H15NO2/c1-3-8(6-11)10(12)9-4-5-13-7(9)2/h7-9H,3-5H2,1-2H3. The lowest BCUT2D eigenvalue weighted by molar-refractivity contribution is -0.126. The monoisotopic (exact) mass is 181 g/mol. The number of carbonyl (C=O) groups is 1. The highest BCUT2D eigenvalue weighted by Crippen LogP contribution is 2.25. The van der Waals surface area contributed by atoms with E-state index in [0.29, 0.717) is 13.0 Å². The van der Waals surface area contributed by atoms with Gasteiger partial charge in [-0.15, -0.1) is 0 Å². The summed E-state index contributed by atoms with van der Waals surface area (Å²) < 4.78 is 5.30. The second-order valence-corrected chi connectivity index (χ2v) is 3.46. The van der Waals surface area contributed by atoms with Gasteiger partial charge in [0.25, 0.3) is 0 Å². The molecule has 0 bridgehead atoms. The van der Waals surface area contributed by atoms with E-state index in [1.54, 1.807) is 0 Å². The summed E-state index contributed by atoms with van der Waals surface area (Å²) in [6.07, 6.45) is 1.38. The lowest BCUT2D eigenvalue weighted by atomic mass is 9.88. The molecule has 0 N–H and O–H groups in total. The minimum Gasteiger partial charge on any atom is -0.378 e. The van der Waals surface area contributed by atoms with Crippen molar-refractivity contribution in [1.82, 2.24) is 0 Å². The average Bonchev–Trinajstić information content (AvgIpc) is 2.53. The van der Waals surface area contributed by atoms with Crippen LogP contribution in [-0.2, 0) is 9.53 Å². The van der Waals surface area contributed by atoms with Crippen LogP contribution in [0, 0.1) is 23.2 Å². The van der Waals surface area contributed by atoms with E-state index in [1.165, 1.54) is 0 Å². The molecule has 0 spiro atoms. The Labute approximate surface area is 78.7 Å². The lowest BCUT2D eigenvalue weighted by Gasteiger charge is -2.14. The third-order valence-electron chi connectivity index (χ3n) is 2.65. The summed E-state index contributed by atoms with van der Waals surface area (Å²) in [5, 5.41) is 8.73. The summed E-state index contributed by atoms with van der Waals surface area (Å²) in [6.45, 7) is 4.42. The maximum absolute atomic E-state index is 11.7. The maximum atomic E-state index is 11.7. The molecule has 3 atom stereocenters. The van der Waals surface area contributed by atoms with E-state index in [2.05, 4.69) is 0 Å². The van der Waals surface area contributed by atoms with Crippen LogP contribution in [0.25, 0.3) is 0 Å². The topological polar surface area (TPSA) is 50.1 Å². The van der Waals surface area contributed by atoms with Crippen LogP contribution in [0.3, 0.4) is 0 Å². The summed E-state index contributed by atoms with van der Waals surface area (Å²) >= 11 is 0. The van der Waals surface area contributed by atoms with E-state index >= 15 is 0 Å². The number of ether oxygens (including phenoxy) is 1. The largest absolute Gasteiger partial charge is 0.378 e. The van der Waals surface area contributed by atoms with Crippen LogP contribution in [0.1, 0.15) is 26.7 Å². The maximum Gasteiger partial charge on any atom is 0.155 e. The summed E-state index contributed by atoms with van der Waals surface area (Å²) in [5.41, 5.74) is 0. The third-order valence-corrected chi connectivity index (χ3v) is 2.65. The Morgan fingerprint density at radius 3 is 2.85 bits per heavy atom. The number of carbonyl (C=O) groups excluding carboxylic acids is 1. The van der Waals surface area contributed by atoms with E-state index in [0.717, 1.165) is 6.42 Å². The number of nitriles is 1. The molecule has 1 rings (SSSR count). The van der Waals surface area contributed by atoms with Crippen molar-refractivity contribution in [2.24, 2.45) is 11.8 Å². The van der Waals surface area contributed by atoms with Gasteiger partial charge in [0.2, 0.25) is 0 Å². The molecule has 1 heterocycles. The van der Waals surface area contributed by atoms with Crippen LogP contribution in [0.15, 0.2) is 0 Å². The highest BCUT2D eigenvalue weighted by atomic mass is 16.5. The average molecular weight is 181 g/mol. The Kier molecular flexibility index (Phi) is 3.44. The summed E-state index contributed by atoms with van der Waals surface area (Å²) in [4.78, 5) is 11.7. The molecule has 0 aromatic rings. The first-order valence-electron chi connectivity index (χ1n) is 4.75. The van der Waals surface area contributed by atoms with Crippen LogP contribution >= 0.6 is 0 Å². The van der Waals surface area contributed by atoms with E-state index in [4.69, 9.17) is 10.00 Å². The number of rotatable bonds is 3. The first kappa shape index (κ1) is 10.2. The Hall–Kier alpha value is -0.880. The van der Waals surface area contributed by atoms with Crippen LogP contribution < -0.4 is 0 Å². The number of hydrogen-bond donors (Lipinski definition) is 0. The van der Waals surface area contributed by atoms with Gasteiger partial charge in [-0.2, -0.15) is 5.26 Å². The molecule has 0 aromatic heterocycles. The van der Waals surface area contributed by atoms with Gasteiger partial charge >= 0.3 is 0 Å². The van der Waals surface area contributed by atoms with Gasteiger partial charge in [-0.05, 0) is 19.8 Å². The molecular formula is C10H15NO2. The molecule has 0 radical (unpaired) electrons. The van der Waals surface area contributed by atoms with Crippen molar-refractivity contribution in [1.29, 1.82) is 5.26 Å². The number of ketones is 1. The van der Waals surface area contributed by atoms with Crippen LogP contribution in [-0.4, -0.2) is 18.5 Å². The highest BCUT2D eigenvalue weighted by molar-refractivity contribution is 5.86. The quantitative estimate of drug-likeness (QED) is 0.663. The van der Waals surface area contributed by atoms with Crippen molar-refractivity contribution in [3.8, 4) is 6.07 Å². The molecule has 0 amide bonds. The van der Waals surface area contributed by atoms with Crippen molar-refractivity contribution < 1.29 is 9.53 Å². The van der Waals surface area contributed by atoms with Gasteiger partial charge in [0.1, 0.15) is 5.92 Å². The minimum absolute atomic E-state index is 0.00472. The van der Waals surface area contributed by atoms with Crippen molar-refractivity contribution >= 4 is 5.78 Å². The Bertz CT molecular complexity index is 232. The zero-order valence-corrected chi connectivity index (χ0v) is 8.12. The van der Waals surface area contributed by atoms with Gasteiger partial charge in [-0.1, -0.05) is 6.92 Å². The van der Waals surface area contributed by atoms with Gasteiger partial charge in [-0.25, -0.2) is 0 Å². The van der Waals surface area contributed by atoms with E-state index in [1.807, 2.05) is 19.9 Å². The van der Waals surface area contributed by atoms with Crippen molar-refractivity contribution in [2.45, 2.75) is 32.8 Å². The minimum atomic E-state index is -0.436. The van der Waals surface area contributed by atoms with Gasteiger partial charge in [0.15, 0.2) is 5.78 Å². The molecule has 0 saturated carbocycles. The molecule has 1 aliphatic rings. The third kappa shape index (κ3) is 2.07. The first-order chi connectivity index (χ1) is 6.20. The highest BCUT2D eigenvalue weighted by Gasteiger charge is 2.34. The second-order valence-electron chi connectivity index (χ2n) is 3.46. The normalized spacial score (nSPS) is 29.6. The van der Waals surface area contributed by atoms with Gasteiger partial charge in [0, 0.05) is 12.5 Å². The van der Waals surface area contributed by atoms with Crippen molar-refractivity contribution in [3.05, 3.63) is 0 Å². The van der Waals surface area contributed by atoms with Crippen LogP contribution in [0.5, 0.6) is 0 Å². The molecule has 3 heteroatoms. The lowest BCUT2D eigenvalue weighted by Crippen LogP contribution is -2.27. The summed E-state index contributed by atoms with van der Waals surface area (Å²) in [6, 6.07) is 2.04. The molecule has 1 aliphatic heterocycles. The number of Topliss-reactive ketones (excluding diaryl/α,β-unsaturated/α-hetero) is 1. The molecule has 1 fully saturated rings. The predicted octanol–water partition coefficient (Wildman–Crippen LogP) is 1.53. The molecule has 0 aromatic carbocycles. The fourth-order valence-electron chi connectivity index (χ4n) is 1.72. The zero-order valence-electron chi connectivity index (χ0n) is 8.12. The second kappa shape index (κ2) is 4.38. The SMILES string of the molecule is CCC(C#N)C(=O)C1CCOC1C. The van der Waals surface area contributed by atoms with E-state index in [-0.39, 0.29) is 17.8 Å². The van der Waals surface area contributed by atoms with Gasteiger partial charge in [0.05, 0.1) is 12.2 Å². The summed E-state index contributed by atoms with van der Waals surface area (Å²) in [7, 11) is 0. The van der Waals surface area contributed by atoms with Crippen LogP contribution in [0.4, 0.5) is 0 Å². The molecule has 72 valence electrons. The van der Waals surface area contributed by atoms with Crippen molar-refractivity contribution in [2.75, 3.05) is 6.61 Å². The van der Waals surface area contributed by atoms with Gasteiger partial charge in [-0.3, -0.25) is 4.79 Å². The molecule has 3 unspecified atom stereocenters. The molecule has 3 nitrogen and oxygen atoms in total. The molecular weight excluding hydrogens is 166 g/mol. The first-order valence-corrected chi connectivity index (χ1v) is 4.75.